The number of hydrogen-bond donors (Lipinski definition) is 0. The van der Waals surface area contributed by atoms with E-state index in [0.717, 1.165) is 5.56 Å². The molecule has 3 rings (SSSR count). The number of hydrogen-bond acceptors (Lipinski definition) is 5. The van der Waals surface area contributed by atoms with Crippen LogP contribution in [0.2, 0.25) is 0 Å². The van der Waals surface area contributed by atoms with Gasteiger partial charge >= 0.3 is 5.97 Å². The molecule has 0 heterocycles. The first kappa shape index (κ1) is 21.8. The summed E-state index contributed by atoms with van der Waals surface area (Å²) in [4.78, 5) is 12.6. The van der Waals surface area contributed by atoms with Gasteiger partial charge in [0.1, 0.15) is 22.6 Å². The second kappa shape index (κ2) is 10.8. The summed E-state index contributed by atoms with van der Waals surface area (Å²) in [7, 11) is 1.58. The first-order chi connectivity index (χ1) is 14.6. The first-order valence-electron chi connectivity index (χ1n) is 9.37. The maximum absolute atomic E-state index is 12.6. The molecule has 2 atom stereocenters. The summed E-state index contributed by atoms with van der Waals surface area (Å²) in [6, 6.07) is 25.4. The molecule has 0 N–H and O–H groups in total. The molecule has 3 aromatic rings. The van der Waals surface area contributed by atoms with Crippen LogP contribution in [0.5, 0.6) is 17.2 Å². The van der Waals surface area contributed by atoms with Crippen LogP contribution in [0.15, 0.2) is 84.9 Å². The number of carbonyl (C=O) groups excluding carboxylic acids is 1. The van der Waals surface area contributed by atoms with Gasteiger partial charge in [-0.05, 0) is 54.2 Å². The van der Waals surface area contributed by atoms with Crippen LogP contribution in [0.1, 0.15) is 17.9 Å². The minimum Gasteiger partial charge on any atom is -0.497 e. The molecule has 6 heteroatoms. The van der Waals surface area contributed by atoms with Crippen molar-refractivity contribution in [1.82, 2.24) is 0 Å². The van der Waals surface area contributed by atoms with E-state index in [0.29, 0.717) is 17.2 Å². The third-order valence-electron chi connectivity index (χ3n) is 4.42. The fourth-order valence-corrected chi connectivity index (χ4v) is 3.47. The van der Waals surface area contributed by atoms with E-state index >= 15 is 0 Å². The fraction of sp³-hybridized carbons (Fsp3) is 0.167. The number of thiocarbonyl (C=S) groups is 1. The molecule has 0 amide bonds. The average Bonchev–Trinajstić information content (AvgIpc) is 2.78. The quantitative estimate of drug-likeness (QED) is 0.192. The van der Waals surface area contributed by atoms with Crippen molar-refractivity contribution in [2.75, 3.05) is 7.11 Å². The van der Waals surface area contributed by atoms with Crippen LogP contribution in [0.4, 0.5) is 0 Å². The van der Waals surface area contributed by atoms with Crippen molar-refractivity contribution in [2.45, 2.75) is 17.7 Å². The molecule has 0 bridgehead atoms. The Morgan fingerprint density at radius 3 is 2.03 bits per heavy atom. The Kier molecular flexibility index (Phi) is 7.82. The van der Waals surface area contributed by atoms with Gasteiger partial charge in [0.05, 0.1) is 13.5 Å². The third-order valence-corrected chi connectivity index (χ3v) is 5.39. The minimum atomic E-state index is -0.740. The number of alkyl halides is 1. The zero-order valence-corrected chi connectivity index (χ0v) is 17.9. The van der Waals surface area contributed by atoms with E-state index in [4.69, 9.17) is 38.0 Å². The Labute approximate surface area is 186 Å². The smallest absolute Gasteiger partial charge is 0.311 e. The number of ether oxygens (including phenoxy) is 3. The van der Waals surface area contributed by atoms with Crippen molar-refractivity contribution >= 4 is 34.8 Å². The zero-order chi connectivity index (χ0) is 21.3. The summed E-state index contributed by atoms with van der Waals surface area (Å²) in [6.07, 6.45) is 0.0223. The van der Waals surface area contributed by atoms with Gasteiger partial charge in [-0.1, -0.05) is 48.5 Å². The van der Waals surface area contributed by atoms with E-state index < -0.39 is 17.3 Å². The van der Waals surface area contributed by atoms with E-state index in [1.807, 2.05) is 48.5 Å². The van der Waals surface area contributed by atoms with Crippen LogP contribution in [-0.4, -0.2) is 23.5 Å². The highest BCUT2D eigenvalue weighted by Crippen LogP contribution is 2.32. The zero-order valence-electron chi connectivity index (χ0n) is 16.4. The Balaban J connectivity index is 1.80. The van der Waals surface area contributed by atoms with E-state index in [-0.39, 0.29) is 11.5 Å². The summed E-state index contributed by atoms with van der Waals surface area (Å²) < 4.78 is 16.5. The van der Waals surface area contributed by atoms with Crippen LogP contribution in [-0.2, 0) is 4.79 Å². The Hall–Kier alpha value is -2.89. The van der Waals surface area contributed by atoms with Gasteiger partial charge in [0.25, 0.3) is 0 Å². The molecule has 2 unspecified atom stereocenters. The van der Waals surface area contributed by atoms with Gasteiger partial charge in [0, 0.05) is 5.92 Å². The van der Waals surface area contributed by atoms with E-state index in [9.17, 15) is 4.79 Å². The van der Waals surface area contributed by atoms with Crippen LogP contribution >= 0.6 is 23.8 Å². The average molecular weight is 441 g/mol. The van der Waals surface area contributed by atoms with Crippen LogP contribution in [0.3, 0.4) is 0 Å². The molecule has 30 heavy (non-hydrogen) atoms. The molecule has 0 aliphatic carbocycles. The summed E-state index contributed by atoms with van der Waals surface area (Å²) in [5, 5.41) is -0.557. The molecule has 0 saturated carbocycles. The molecule has 4 nitrogen and oxygen atoms in total. The number of carbonyl (C=O) groups is 1. The number of esters is 1. The lowest BCUT2D eigenvalue weighted by atomic mass is 9.92. The number of para-hydroxylation sites is 2. The molecular formula is C24H21ClO4S. The van der Waals surface area contributed by atoms with Crippen LogP contribution in [0, 0.1) is 0 Å². The van der Waals surface area contributed by atoms with Crippen molar-refractivity contribution < 1.29 is 19.0 Å². The number of methoxy groups -OCH3 is 1. The number of halogens is 1. The maximum Gasteiger partial charge on any atom is 0.311 e. The number of benzene rings is 3. The molecule has 0 aliphatic heterocycles. The Morgan fingerprint density at radius 2 is 1.43 bits per heavy atom. The van der Waals surface area contributed by atoms with E-state index in [2.05, 4.69) is 0 Å². The van der Waals surface area contributed by atoms with Crippen molar-refractivity contribution in [3.63, 3.8) is 0 Å². The van der Waals surface area contributed by atoms with Crippen LogP contribution in [0.25, 0.3) is 0 Å². The van der Waals surface area contributed by atoms with Gasteiger partial charge in [0.2, 0.25) is 0 Å². The van der Waals surface area contributed by atoms with Crippen LogP contribution < -0.4 is 14.2 Å². The molecular weight excluding hydrogens is 420 g/mol. The molecule has 0 aromatic heterocycles. The lowest BCUT2D eigenvalue weighted by Crippen LogP contribution is -2.28. The molecule has 0 spiro atoms. The molecule has 0 saturated heterocycles. The van der Waals surface area contributed by atoms with Gasteiger partial charge in [-0.2, -0.15) is 0 Å². The van der Waals surface area contributed by atoms with E-state index in [1.54, 1.807) is 43.5 Å². The summed E-state index contributed by atoms with van der Waals surface area (Å²) in [6.45, 7) is 0. The van der Waals surface area contributed by atoms with Crippen molar-refractivity contribution in [1.29, 1.82) is 0 Å². The van der Waals surface area contributed by atoms with E-state index in [1.165, 1.54) is 0 Å². The van der Waals surface area contributed by atoms with Gasteiger partial charge in [0.15, 0.2) is 5.05 Å². The molecule has 0 fully saturated rings. The van der Waals surface area contributed by atoms with Crippen molar-refractivity contribution in [2.24, 2.45) is 0 Å². The highest BCUT2D eigenvalue weighted by atomic mass is 35.5. The SMILES string of the molecule is COc1cccc(C(CC(=O)Oc2ccccc2)C(Cl)C(=S)Oc2ccccc2)c1. The fourth-order valence-electron chi connectivity index (χ4n) is 2.93. The Morgan fingerprint density at radius 1 is 0.867 bits per heavy atom. The Bertz CT molecular complexity index is 979. The van der Waals surface area contributed by atoms with Crippen molar-refractivity contribution in [3.8, 4) is 17.2 Å². The predicted molar refractivity (Wildman–Crippen MR) is 122 cm³/mol. The summed E-state index contributed by atoms with van der Waals surface area (Å²) in [5.41, 5.74) is 0.804. The topological polar surface area (TPSA) is 44.8 Å². The highest BCUT2D eigenvalue weighted by Gasteiger charge is 2.30. The second-order valence-electron chi connectivity index (χ2n) is 6.51. The molecule has 154 valence electrons. The first-order valence-corrected chi connectivity index (χ1v) is 10.2. The third kappa shape index (κ3) is 6.05. The molecule has 0 radical (unpaired) electrons. The molecule has 0 aliphatic rings. The minimum absolute atomic E-state index is 0.0223. The second-order valence-corrected chi connectivity index (χ2v) is 7.38. The largest absolute Gasteiger partial charge is 0.497 e. The maximum atomic E-state index is 12.6. The van der Waals surface area contributed by atoms with Crippen molar-refractivity contribution in [3.05, 3.63) is 90.5 Å². The lowest BCUT2D eigenvalue weighted by Gasteiger charge is -2.23. The lowest BCUT2D eigenvalue weighted by molar-refractivity contribution is -0.134. The monoisotopic (exact) mass is 440 g/mol. The number of rotatable bonds is 8. The standard InChI is InChI=1S/C24H21ClO4S/c1-27-20-14-8-9-17(15-20)21(16-22(26)28-18-10-4-2-5-11-18)23(25)24(30)29-19-12-6-3-7-13-19/h2-15,21,23H,16H2,1H3. The van der Waals surface area contributed by atoms with Gasteiger partial charge in [-0.15, -0.1) is 11.6 Å². The van der Waals surface area contributed by atoms with Gasteiger partial charge < -0.3 is 14.2 Å². The van der Waals surface area contributed by atoms with Gasteiger partial charge in [-0.25, -0.2) is 0 Å². The van der Waals surface area contributed by atoms with Gasteiger partial charge in [-0.3, -0.25) is 4.79 Å². The summed E-state index contributed by atoms with van der Waals surface area (Å²) >= 11 is 12.2. The highest BCUT2D eigenvalue weighted by molar-refractivity contribution is 7.80. The summed E-state index contributed by atoms with van der Waals surface area (Å²) in [5.74, 6) is 0.842. The molecule has 3 aromatic carbocycles. The predicted octanol–water partition coefficient (Wildman–Crippen LogP) is 5.79. The normalized spacial score (nSPS) is 12.5.